The maximum Gasteiger partial charge on any atom is 0.424 e. The van der Waals surface area contributed by atoms with Crippen molar-refractivity contribution in [3.8, 4) is 11.5 Å². The highest BCUT2D eigenvalue weighted by atomic mass is 19.4. The Morgan fingerprint density at radius 3 is 2.57 bits per heavy atom. The van der Waals surface area contributed by atoms with Crippen LogP contribution in [-0.4, -0.2) is 31.7 Å². The van der Waals surface area contributed by atoms with Gasteiger partial charge < -0.3 is 19.9 Å². The first kappa shape index (κ1) is 20.8. The SMILES string of the molecule is COc1ccc2c(c1)C1Nc3ccc(C(O)(CF)C(F)(F)F)cc3C(C)(C)C1CO2. The summed E-state index contributed by atoms with van der Waals surface area (Å²) in [6.45, 7) is 2.25. The number of fused-ring (bicyclic) bond motifs is 4. The lowest BCUT2D eigenvalue weighted by atomic mass is 9.65. The number of nitrogens with one attached hydrogen (secondary N) is 1. The number of hydrogen-bond donors (Lipinski definition) is 2. The van der Waals surface area contributed by atoms with Crippen LogP contribution in [0.3, 0.4) is 0 Å². The smallest absolute Gasteiger partial charge is 0.424 e. The van der Waals surface area contributed by atoms with E-state index in [4.69, 9.17) is 9.47 Å². The van der Waals surface area contributed by atoms with Gasteiger partial charge in [-0.25, -0.2) is 4.39 Å². The van der Waals surface area contributed by atoms with Crippen LogP contribution in [-0.2, 0) is 11.0 Å². The number of methoxy groups -OCH3 is 1. The van der Waals surface area contributed by atoms with Crippen LogP contribution in [0.15, 0.2) is 36.4 Å². The molecule has 2 aromatic carbocycles. The van der Waals surface area contributed by atoms with Gasteiger partial charge in [-0.1, -0.05) is 19.9 Å². The molecule has 0 saturated carbocycles. The number of halogens is 4. The van der Waals surface area contributed by atoms with E-state index in [-0.39, 0.29) is 12.0 Å². The maximum absolute atomic E-state index is 13.4. The number of ether oxygens (including phenoxy) is 2. The molecule has 2 aliphatic heterocycles. The van der Waals surface area contributed by atoms with Crippen molar-refractivity contribution in [1.82, 2.24) is 0 Å². The molecule has 8 heteroatoms. The first-order valence-corrected chi connectivity index (χ1v) is 9.60. The lowest BCUT2D eigenvalue weighted by Crippen LogP contribution is -2.47. The number of anilines is 1. The number of benzene rings is 2. The maximum atomic E-state index is 13.4. The van der Waals surface area contributed by atoms with Crippen molar-refractivity contribution in [2.24, 2.45) is 5.92 Å². The Balaban J connectivity index is 1.81. The minimum absolute atomic E-state index is 0.107. The minimum atomic E-state index is -5.13. The van der Waals surface area contributed by atoms with Crippen LogP contribution >= 0.6 is 0 Å². The van der Waals surface area contributed by atoms with E-state index in [1.165, 1.54) is 12.1 Å². The summed E-state index contributed by atoms with van der Waals surface area (Å²) in [6, 6.07) is 9.25. The van der Waals surface area contributed by atoms with Crippen molar-refractivity contribution in [2.45, 2.75) is 37.1 Å². The molecule has 4 rings (SSSR count). The third-order valence-electron chi connectivity index (χ3n) is 6.46. The van der Waals surface area contributed by atoms with Crippen LogP contribution in [0.4, 0.5) is 23.2 Å². The highest BCUT2D eigenvalue weighted by molar-refractivity contribution is 5.63. The molecule has 4 nitrogen and oxygen atoms in total. The van der Waals surface area contributed by atoms with Gasteiger partial charge in [-0.2, -0.15) is 13.2 Å². The minimum Gasteiger partial charge on any atom is -0.497 e. The fourth-order valence-corrected chi connectivity index (χ4v) is 4.47. The van der Waals surface area contributed by atoms with E-state index in [1.54, 1.807) is 7.11 Å². The lowest BCUT2D eigenvalue weighted by molar-refractivity contribution is -0.271. The Morgan fingerprint density at radius 1 is 1.20 bits per heavy atom. The second-order valence-electron chi connectivity index (χ2n) is 8.42. The number of hydrogen-bond acceptors (Lipinski definition) is 4. The van der Waals surface area contributed by atoms with Gasteiger partial charge in [0.05, 0.1) is 19.8 Å². The molecule has 2 N–H and O–H groups in total. The Labute approximate surface area is 171 Å². The predicted octanol–water partition coefficient (Wildman–Crippen LogP) is 4.87. The van der Waals surface area contributed by atoms with E-state index in [0.717, 1.165) is 17.4 Å². The first-order chi connectivity index (χ1) is 14.0. The van der Waals surface area contributed by atoms with Crippen molar-refractivity contribution in [3.05, 3.63) is 53.1 Å². The van der Waals surface area contributed by atoms with Crippen molar-refractivity contribution >= 4 is 5.69 Å². The fourth-order valence-electron chi connectivity index (χ4n) is 4.47. The van der Waals surface area contributed by atoms with E-state index >= 15 is 0 Å². The quantitative estimate of drug-likeness (QED) is 0.690. The second-order valence-corrected chi connectivity index (χ2v) is 8.42. The van der Waals surface area contributed by atoms with Gasteiger partial charge in [-0.05, 0) is 41.5 Å². The Morgan fingerprint density at radius 2 is 1.93 bits per heavy atom. The van der Waals surface area contributed by atoms with Gasteiger partial charge in [-0.15, -0.1) is 0 Å². The Kier molecular flexibility index (Phi) is 4.69. The van der Waals surface area contributed by atoms with Crippen LogP contribution < -0.4 is 14.8 Å². The molecule has 0 aromatic heterocycles. The monoisotopic (exact) mass is 425 g/mol. The Bertz CT molecular complexity index is 975. The van der Waals surface area contributed by atoms with Gasteiger partial charge in [0.1, 0.15) is 18.2 Å². The summed E-state index contributed by atoms with van der Waals surface area (Å²) in [6.07, 6.45) is -5.13. The summed E-state index contributed by atoms with van der Waals surface area (Å²) in [7, 11) is 1.57. The zero-order valence-electron chi connectivity index (χ0n) is 16.8. The molecule has 2 heterocycles. The van der Waals surface area contributed by atoms with Crippen molar-refractivity contribution in [2.75, 3.05) is 25.7 Å². The van der Waals surface area contributed by atoms with Gasteiger partial charge in [-0.3, -0.25) is 0 Å². The summed E-state index contributed by atoms with van der Waals surface area (Å²) in [5, 5.41) is 13.5. The predicted molar refractivity (Wildman–Crippen MR) is 104 cm³/mol. The lowest BCUT2D eigenvalue weighted by Gasteiger charge is -2.49. The summed E-state index contributed by atoms with van der Waals surface area (Å²) in [4.78, 5) is 0. The van der Waals surface area contributed by atoms with Gasteiger partial charge in [0.15, 0.2) is 0 Å². The highest BCUT2D eigenvalue weighted by Crippen LogP contribution is 2.53. The molecular formula is C22H23F4NO3. The number of aliphatic hydroxyl groups is 1. The molecule has 0 radical (unpaired) electrons. The van der Waals surface area contributed by atoms with Crippen molar-refractivity contribution in [1.29, 1.82) is 0 Å². The summed E-state index contributed by atoms with van der Waals surface area (Å²) >= 11 is 0. The molecular weight excluding hydrogens is 402 g/mol. The van der Waals surface area contributed by atoms with E-state index in [1.807, 2.05) is 32.0 Å². The van der Waals surface area contributed by atoms with Crippen LogP contribution in [0.2, 0.25) is 0 Å². The summed E-state index contributed by atoms with van der Waals surface area (Å²) in [5.41, 5.74) is -2.54. The van der Waals surface area contributed by atoms with Crippen LogP contribution in [0.1, 0.15) is 36.6 Å². The molecule has 2 aromatic rings. The van der Waals surface area contributed by atoms with E-state index < -0.39 is 29.4 Å². The zero-order chi connectivity index (χ0) is 21.9. The fraction of sp³-hybridized carbons (Fsp3) is 0.455. The highest BCUT2D eigenvalue weighted by Gasteiger charge is 2.56. The largest absolute Gasteiger partial charge is 0.497 e. The molecule has 0 bridgehead atoms. The average molecular weight is 425 g/mol. The number of rotatable bonds is 3. The topological polar surface area (TPSA) is 50.7 Å². The summed E-state index contributed by atoms with van der Waals surface area (Å²) < 4.78 is 64.7. The van der Waals surface area contributed by atoms with Crippen LogP contribution in [0.5, 0.6) is 11.5 Å². The summed E-state index contributed by atoms with van der Waals surface area (Å²) in [5.74, 6) is 1.30. The van der Waals surface area contributed by atoms with Crippen molar-refractivity contribution in [3.63, 3.8) is 0 Å². The zero-order valence-corrected chi connectivity index (χ0v) is 16.8. The third-order valence-corrected chi connectivity index (χ3v) is 6.46. The molecule has 0 saturated heterocycles. The molecule has 2 aliphatic rings. The third kappa shape index (κ3) is 2.92. The van der Waals surface area contributed by atoms with E-state index in [9.17, 15) is 22.7 Å². The van der Waals surface area contributed by atoms with Gasteiger partial charge in [0, 0.05) is 22.6 Å². The average Bonchev–Trinajstić information content (AvgIpc) is 2.71. The van der Waals surface area contributed by atoms with Crippen molar-refractivity contribution < 1.29 is 32.1 Å². The molecule has 3 atom stereocenters. The molecule has 0 amide bonds. The molecule has 3 unspecified atom stereocenters. The molecule has 0 aliphatic carbocycles. The van der Waals surface area contributed by atoms with Crippen LogP contribution in [0, 0.1) is 5.92 Å². The van der Waals surface area contributed by atoms with E-state index in [0.29, 0.717) is 23.6 Å². The first-order valence-electron chi connectivity index (χ1n) is 9.60. The van der Waals surface area contributed by atoms with Crippen LogP contribution in [0.25, 0.3) is 0 Å². The molecule has 30 heavy (non-hydrogen) atoms. The molecule has 162 valence electrons. The Hall–Kier alpha value is -2.48. The van der Waals surface area contributed by atoms with E-state index in [2.05, 4.69) is 5.32 Å². The second kappa shape index (κ2) is 6.77. The molecule has 0 spiro atoms. The van der Waals surface area contributed by atoms with Gasteiger partial charge >= 0.3 is 6.18 Å². The normalized spacial score (nSPS) is 23.7. The van der Waals surface area contributed by atoms with Gasteiger partial charge in [0.25, 0.3) is 0 Å². The molecule has 0 fully saturated rings. The standard InChI is InChI=1S/C22H23F4NO3/c1-20(2)15-8-12(21(28,11-23)22(24,25)26)4-6-17(15)27-19-14-9-13(29-3)5-7-18(14)30-10-16(19)20/h4-9,16,19,27-28H,10-11H2,1-3H3. The van der Waals surface area contributed by atoms with Gasteiger partial charge in [0.2, 0.25) is 5.60 Å². The number of alkyl halides is 4.